The zero-order chi connectivity index (χ0) is 15.1. The van der Waals surface area contributed by atoms with Crippen LogP contribution in [0.3, 0.4) is 0 Å². The summed E-state index contributed by atoms with van der Waals surface area (Å²) in [7, 11) is 0. The Bertz CT molecular complexity index is 263. The maximum absolute atomic E-state index is 10.7. The first-order valence-corrected chi connectivity index (χ1v) is 5.73. The first kappa shape index (κ1) is 19.2. The number of carboxylic acids is 2. The Labute approximate surface area is 109 Å². The smallest absolute Gasteiger partial charge is 0.317 e. The zero-order valence-electron chi connectivity index (χ0n) is 12.1. The standard InChI is InChI=1S/C10H21NO2.C2H5NO2/c1-9(2,3)11(7-8(12)13)10(4,5)6;3-1-2(4)5/h7H2,1-6H3,(H,12,13);1,3H2,(H,4,5). The van der Waals surface area contributed by atoms with Crippen LogP contribution in [0.1, 0.15) is 41.5 Å². The molecule has 6 heteroatoms. The van der Waals surface area contributed by atoms with Crippen molar-refractivity contribution in [2.45, 2.75) is 52.6 Å². The number of carbonyl (C=O) groups is 2. The van der Waals surface area contributed by atoms with Crippen molar-refractivity contribution >= 4 is 11.9 Å². The number of hydrogen-bond acceptors (Lipinski definition) is 4. The monoisotopic (exact) mass is 262 g/mol. The Kier molecular flexibility index (Phi) is 7.82. The van der Waals surface area contributed by atoms with Crippen molar-refractivity contribution in [3.05, 3.63) is 0 Å². The molecule has 0 saturated heterocycles. The molecule has 0 aromatic rings. The second-order valence-corrected chi connectivity index (χ2v) is 5.92. The van der Waals surface area contributed by atoms with Gasteiger partial charge < -0.3 is 15.9 Å². The molecule has 0 spiro atoms. The number of nitrogens with two attached hydrogens (primary N) is 1. The molecule has 0 saturated carbocycles. The van der Waals surface area contributed by atoms with Crippen LogP contribution in [0, 0.1) is 0 Å². The summed E-state index contributed by atoms with van der Waals surface area (Å²) in [5, 5.41) is 16.4. The highest BCUT2D eigenvalue weighted by Crippen LogP contribution is 2.23. The molecule has 6 nitrogen and oxygen atoms in total. The summed E-state index contributed by atoms with van der Waals surface area (Å²) in [5.74, 6) is -1.74. The molecule has 0 aliphatic rings. The minimum absolute atomic E-state index is 0.0903. The molecule has 0 amide bonds. The van der Waals surface area contributed by atoms with E-state index in [1.165, 1.54) is 0 Å². The predicted molar refractivity (Wildman–Crippen MR) is 70.5 cm³/mol. The van der Waals surface area contributed by atoms with Crippen LogP contribution in [-0.4, -0.2) is 51.2 Å². The second kappa shape index (κ2) is 7.33. The summed E-state index contributed by atoms with van der Waals surface area (Å²) in [6, 6.07) is 0. The molecule has 108 valence electrons. The van der Waals surface area contributed by atoms with Crippen LogP contribution in [0.15, 0.2) is 0 Å². The Morgan fingerprint density at radius 2 is 1.22 bits per heavy atom. The third-order valence-electron chi connectivity index (χ3n) is 2.09. The number of aliphatic carboxylic acids is 2. The third kappa shape index (κ3) is 10.0. The highest BCUT2D eigenvalue weighted by molar-refractivity contribution is 5.69. The van der Waals surface area contributed by atoms with E-state index in [-0.39, 0.29) is 24.2 Å². The number of rotatable bonds is 3. The van der Waals surface area contributed by atoms with Crippen LogP contribution in [0.2, 0.25) is 0 Å². The van der Waals surface area contributed by atoms with Gasteiger partial charge in [-0.15, -0.1) is 0 Å². The molecule has 0 aliphatic carbocycles. The van der Waals surface area contributed by atoms with Crippen molar-refractivity contribution in [2.75, 3.05) is 13.1 Å². The van der Waals surface area contributed by atoms with Gasteiger partial charge in [-0.05, 0) is 41.5 Å². The summed E-state index contributed by atoms with van der Waals surface area (Å²) in [6.07, 6.45) is 0. The molecule has 0 aromatic carbocycles. The SMILES string of the molecule is CC(C)(C)N(CC(=O)O)C(C)(C)C.NCC(=O)O. The first-order chi connectivity index (χ1) is 7.82. The Hall–Kier alpha value is -1.14. The molecule has 0 unspecified atom stereocenters. The van der Waals surface area contributed by atoms with Crippen molar-refractivity contribution in [1.29, 1.82) is 0 Å². The normalized spacial score (nSPS) is 11.8. The molecule has 0 aromatic heterocycles. The number of nitrogens with zero attached hydrogens (tertiary/aromatic N) is 1. The van der Waals surface area contributed by atoms with E-state index in [1.807, 2.05) is 46.4 Å². The van der Waals surface area contributed by atoms with Gasteiger partial charge in [-0.1, -0.05) is 0 Å². The highest BCUT2D eigenvalue weighted by Gasteiger charge is 2.32. The van der Waals surface area contributed by atoms with E-state index in [1.54, 1.807) is 0 Å². The topological polar surface area (TPSA) is 104 Å². The van der Waals surface area contributed by atoms with Gasteiger partial charge in [0.1, 0.15) is 0 Å². The van der Waals surface area contributed by atoms with Crippen molar-refractivity contribution in [3.8, 4) is 0 Å². The third-order valence-corrected chi connectivity index (χ3v) is 2.09. The van der Waals surface area contributed by atoms with E-state index < -0.39 is 11.9 Å². The molecule has 0 heterocycles. The molecule has 0 aliphatic heterocycles. The Balaban J connectivity index is 0. The van der Waals surface area contributed by atoms with Crippen LogP contribution in [0.5, 0.6) is 0 Å². The second-order valence-electron chi connectivity index (χ2n) is 5.92. The van der Waals surface area contributed by atoms with E-state index in [9.17, 15) is 9.59 Å². The first-order valence-electron chi connectivity index (χ1n) is 5.73. The largest absolute Gasteiger partial charge is 0.480 e. The molecular formula is C12H26N2O4. The average molecular weight is 262 g/mol. The molecule has 18 heavy (non-hydrogen) atoms. The lowest BCUT2D eigenvalue weighted by Gasteiger charge is -2.44. The van der Waals surface area contributed by atoms with E-state index >= 15 is 0 Å². The summed E-state index contributed by atoms with van der Waals surface area (Å²) < 4.78 is 0. The van der Waals surface area contributed by atoms with Gasteiger partial charge in [0.05, 0.1) is 13.1 Å². The molecule has 0 radical (unpaired) electrons. The van der Waals surface area contributed by atoms with Crippen LogP contribution < -0.4 is 5.73 Å². The Morgan fingerprint density at radius 3 is 1.28 bits per heavy atom. The fourth-order valence-corrected chi connectivity index (χ4v) is 1.62. The predicted octanol–water partition coefficient (Wildman–Crippen LogP) is 1.000. The van der Waals surface area contributed by atoms with Crippen LogP contribution >= 0.6 is 0 Å². The molecule has 0 rings (SSSR count). The van der Waals surface area contributed by atoms with E-state index in [0.717, 1.165) is 0 Å². The van der Waals surface area contributed by atoms with Gasteiger partial charge in [-0.3, -0.25) is 14.5 Å². The van der Waals surface area contributed by atoms with Crippen LogP contribution in [-0.2, 0) is 9.59 Å². The minimum atomic E-state index is -0.968. The highest BCUT2D eigenvalue weighted by atomic mass is 16.4. The fourth-order valence-electron chi connectivity index (χ4n) is 1.62. The molecule has 0 bridgehead atoms. The van der Waals surface area contributed by atoms with Crippen LogP contribution in [0.4, 0.5) is 0 Å². The summed E-state index contributed by atoms with van der Waals surface area (Å²) in [4.78, 5) is 21.9. The number of carboxylic acid groups (broad SMARTS) is 2. The van der Waals surface area contributed by atoms with Gasteiger partial charge in [0.2, 0.25) is 0 Å². The van der Waals surface area contributed by atoms with E-state index in [2.05, 4.69) is 5.73 Å². The minimum Gasteiger partial charge on any atom is -0.480 e. The van der Waals surface area contributed by atoms with Crippen LogP contribution in [0.25, 0.3) is 0 Å². The molecule has 4 N–H and O–H groups in total. The summed E-state index contributed by atoms with van der Waals surface area (Å²) in [5.41, 5.74) is 4.34. The molecular weight excluding hydrogens is 236 g/mol. The van der Waals surface area contributed by atoms with Crippen molar-refractivity contribution in [2.24, 2.45) is 5.73 Å². The maximum atomic E-state index is 10.7. The van der Waals surface area contributed by atoms with Gasteiger partial charge in [0.25, 0.3) is 0 Å². The summed E-state index contributed by atoms with van der Waals surface area (Å²) in [6.45, 7) is 12.0. The Morgan fingerprint density at radius 1 is 0.944 bits per heavy atom. The average Bonchev–Trinajstić information content (AvgIpc) is 2.11. The van der Waals surface area contributed by atoms with Crippen molar-refractivity contribution in [1.82, 2.24) is 4.90 Å². The fraction of sp³-hybridized carbons (Fsp3) is 0.833. The molecule has 0 atom stereocenters. The maximum Gasteiger partial charge on any atom is 0.317 e. The van der Waals surface area contributed by atoms with E-state index in [0.29, 0.717) is 0 Å². The van der Waals surface area contributed by atoms with Gasteiger partial charge >= 0.3 is 11.9 Å². The summed E-state index contributed by atoms with van der Waals surface area (Å²) >= 11 is 0. The van der Waals surface area contributed by atoms with Crippen molar-refractivity contribution in [3.63, 3.8) is 0 Å². The van der Waals surface area contributed by atoms with Gasteiger partial charge in [-0.2, -0.15) is 0 Å². The van der Waals surface area contributed by atoms with Gasteiger partial charge in [0, 0.05) is 11.1 Å². The van der Waals surface area contributed by atoms with Gasteiger partial charge in [0.15, 0.2) is 0 Å². The lowest BCUT2D eigenvalue weighted by Crippen LogP contribution is -2.54. The quantitative estimate of drug-likeness (QED) is 0.701. The lowest BCUT2D eigenvalue weighted by molar-refractivity contribution is -0.142. The lowest BCUT2D eigenvalue weighted by atomic mass is 9.96. The zero-order valence-corrected chi connectivity index (χ0v) is 12.1. The number of hydrogen-bond donors (Lipinski definition) is 3. The van der Waals surface area contributed by atoms with Crippen molar-refractivity contribution < 1.29 is 19.8 Å². The van der Waals surface area contributed by atoms with Gasteiger partial charge in [-0.25, -0.2) is 0 Å². The molecule has 0 fully saturated rings. The van der Waals surface area contributed by atoms with E-state index in [4.69, 9.17) is 10.2 Å².